The molecular weight excluding hydrogens is 140 g/mol. The van der Waals surface area contributed by atoms with Crippen LogP contribution in [0.5, 0.6) is 0 Å². The van der Waals surface area contributed by atoms with Gasteiger partial charge in [-0.05, 0) is 20.8 Å². The highest BCUT2D eigenvalue weighted by Crippen LogP contribution is 2.55. The lowest BCUT2D eigenvalue weighted by Crippen LogP contribution is -2.71. The molecule has 0 bridgehead atoms. The molecule has 0 aromatic heterocycles. The van der Waals surface area contributed by atoms with Crippen LogP contribution in [0.1, 0.15) is 34.6 Å². The van der Waals surface area contributed by atoms with Crippen molar-refractivity contribution in [3.8, 4) is 0 Å². The molecule has 0 N–H and O–H groups in total. The first-order chi connectivity index (χ1) is 4.77. The Balaban J connectivity index is 2.93. The molecule has 0 saturated carbocycles. The fraction of sp³-hybridized carbons (Fsp3) is 0.889. The van der Waals surface area contributed by atoms with Gasteiger partial charge in [0.05, 0.1) is 5.60 Å². The molecule has 0 aliphatic carbocycles. The summed E-state index contributed by atoms with van der Waals surface area (Å²) in [4.78, 5) is 10.7. The molecule has 0 amide bonds. The lowest BCUT2D eigenvalue weighted by molar-refractivity contribution is -0.324. The third-order valence-corrected chi connectivity index (χ3v) is 3.44. The zero-order valence-electron chi connectivity index (χ0n) is 7.89. The van der Waals surface area contributed by atoms with Crippen LogP contribution >= 0.6 is 0 Å². The van der Waals surface area contributed by atoms with Crippen LogP contribution in [0.25, 0.3) is 0 Å². The molecule has 1 unspecified atom stereocenters. The van der Waals surface area contributed by atoms with Crippen molar-refractivity contribution >= 4 is 6.29 Å². The van der Waals surface area contributed by atoms with Gasteiger partial charge in [-0.3, -0.25) is 0 Å². The minimum Gasteiger partial charge on any atom is -0.361 e. The largest absolute Gasteiger partial charge is 0.361 e. The Morgan fingerprint density at radius 3 is 1.64 bits per heavy atom. The van der Waals surface area contributed by atoms with E-state index in [0.29, 0.717) is 0 Å². The van der Waals surface area contributed by atoms with Gasteiger partial charge in [0, 0.05) is 5.41 Å². The van der Waals surface area contributed by atoms with Gasteiger partial charge in [0.25, 0.3) is 0 Å². The average Bonchev–Trinajstić information content (AvgIpc) is 1.86. The molecule has 2 nitrogen and oxygen atoms in total. The maximum Gasteiger partial charge on any atom is 0.152 e. The number of ether oxygens (including phenoxy) is 1. The minimum atomic E-state index is -0.587. The summed E-state index contributed by atoms with van der Waals surface area (Å²) in [6.45, 7) is 9.98. The van der Waals surface area contributed by atoms with Gasteiger partial charge in [-0.15, -0.1) is 0 Å². The molecule has 11 heavy (non-hydrogen) atoms. The first-order valence-electron chi connectivity index (χ1n) is 3.93. The van der Waals surface area contributed by atoms with Crippen molar-refractivity contribution in [3.05, 3.63) is 0 Å². The Bertz CT molecular complexity index is 194. The van der Waals surface area contributed by atoms with Crippen molar-refractivity contribution in [1.82, 2.24) is 0 Å². The molecular formula is C9H16O2. The Morgan fingerprint density at radius 2 is 1.55 bits per heavy atom. The quantitative estimate of drug-likeness (QED) is 0.541. The Hall–Kier alpha value is -0.370. The SMILES string of the molecule is CC1(C)OC(C)(C=O)C1(C)C. The summed E-state index contributed by atoms with van der Waals surface area (Å²) in [6, 6.07) is 0. The average molecular weight is 156 g/mol. The van der Waals surface area contributed by atoms with Crippen molar-refractivity contribution < 1.29 is 9.53 Å². The van der Waals surface area contributed by atoms with Crippen LogP contribution in [0.2, 0.25) is 0 Å². The number of carbonyl (C=O) groups excluding carboxylic acids is 1. The van der Waals surface area contributed by atoms with E-state index in [1.807, 2.05) is 20.8 Å². The van der Waals surface area contributed by atoms with Crippen LogP contribution in [-0.4, -0.2) is 17.5 Å². The van der Waals surface area contributed by atoms with Gasteiger partial charge in [-0.1, -0.05) is 13.8 Å². The second-order valence-electron chi connectivity index (χ2n) is 4.46. The second kappa shape index (κ2) is 1.86. The summed E-state index contributed by atoms with van der Waals surface area (Å²) in [5, 5.41) is 0. The van der Waals surface area contributed by atoms with E-state index in [1.165, 1.54) is 0 Å². The van der Waals surface area contributed by atoms with Crippen molar-refractivity contribution in [1.29, 1.82) is 0 Å². The molecule has 0 spiro atoms. The highest BCUT2D eigenvalue weighted by atomic mass is 16.6. The molecule has 2 heteroatoms. The number of hydrogen-bond acceptors (Lipinski definition) is 2. The van der Waals surface area contributed by atoms with Gasteiger partial charge in [0.15, 0.2) is 6.29 Å². The van der Waals surface area contributed by atoms with Crippen LogP contribution in [0.15, 0.2) is 0 Å². The summed E-state index contributed by atoms with van der Waals surface area (Å²) in [5.41, 5.74) is -0.832. The molecule has 1 atom stereocenters. The number of hydrogen-bond donors (Lipinski definition) is 0. The smallest absolute Gasteiger partial charge is 0.152 e. The standard InChI is InChI=1S/C9H16O2/c1-7(2)8(3,4)11-9(7,5)6-10/h6H,1-5H3. The van der Waals surface area contributed by atoms with Crippen LogP contribution in [0.4, 0.5) is 0 Å². The maximum absolute atomic E-state index is 10.7. The van der Waals surface area contributed by atoms with E-state index < -0.39 is 5.60 Å². The van der Waals surface area contributed by atoms with Crippen molar-refractivity contribution in [2.45, 2.75) is 45.8 Å². The van der Waals surface area contributed by atoms with Gasteiger partial charge in [0.1, 0.15) is 5.60 Å². The van der Waals surface area contributed by atoms with E-state index in [-0.39, 0.29) is 11.0 Å². The predicted octanol–water partition coefficient (Wildman–Crippen LogP) is 1.78. The highest BCUT2D eigenvalue weighted by Gasteiger charge is 2.63. The van der Waals surface area contributed by atoms with Gasteiger partial charge >= 0.3 is 0 Å². The Kier molecular flexibility index (Phi) is 1.48. The van der Waals surface area contributed by atoms with Crippen molar-refractivity contribution in [2.75, 3.05) is 0 Å². The number of aldehydes is 1. The van der Waals surface area contributed by atoms with Crippen LogP contribution < -0.4 is 0 Å². The maximum atomic E-state index is 10.7. The molecule has 1 aliphatic rings. The highest BCUT2D eigenvalue weighted by molar-refractivity contribution is 5.66. The summed E-state index contributed by atoms with van der Waals surface area (Å²) in [6.07, 6.45) is 0.901. The summed E-state index contributed by atoms with van der Waals surface area (Å²) >= 11 is 0. The summed E-state index contributed by atoms with van der Waals surface area (Å²) in [5.74, 6) is 0. The van der Waals surface area contributed by atoms with Crippen LogP contribution in [0.3, 0.4) is 0 Å². The van der Waals surface area contributed by atoms with E-state index in [4.69, 9.17) is 4.74 Å². The molecule has 1 rings (SSSR count). The minimum absolute atomic E-state index is 0.0677. The second-order valence-corrected chi connectivity index (χ2v) is 4.46. The van der Waals surface area contributed by atoms with E-state index in [2.05, 4.69) is 13.8 Å². The van der Waals surface area contributed by atoms with E-state index in [0.717, 1.165) is 6.29 Å². The first-order valence-corrected chi connectivity index (χ1v) is 3.93. The zero-order valence-corrected chi connectivity index (χ0v) is 7.89. The topological polar surface area (TPSA) is 26.3 Å². The first kappa shape index (κ1) is 8.72. The van der Waals surface area contributed by atoms with E-state index in [1.54, 1.807) is 0 Å². The molecule has 0 aromatic rings. The van der Waals surface area contributed by atoms with Gasteiger partial charge in [-0.2, -0.15) is 0 Å². The summed E-state index contributed by atoms with van der Waals surface area (Å²) < 4.78 is 5.51. The molecule has 0 radical (unpaired) electrons. The lowest BCUT2D eigenvalue weighted by atomic mass is 9.60. The van der Waals surface area contributed by atoms with Crippen molar-refractivity contribution in [2.24, 2.45) is 5.41 Å². The van der Waals surface area contributed by atoms with Crippen molar-refractivity contribution in [3.63, 3.8) is 0 Å². The zero-order chi connectivity index (χ0) is 8.91. The fourth-order valence-electron chi connectivity index (χ4n) is 1.51. The fourth-order valence-corrected chi connectivity index (χ4v) is 1.51. The molecule has 64 valence electrons. The third-order valence-electron chi connectivity index (χ3n) is 3.44. The van der Waals surface area contributed by atoms with Gasteiger partial charge in [-0.25, -0.2) is 0 Å². The molecule has 1 fully saturated rings. The molecule has 1 saturated heterocycles. The molecule has 0 aromatic carbocycles. The predicted molar refractivity (Wildman–Crippen MR) is 43.4 cm³/mol. The monoisotopic (exact) mass is 156 g/mol. The van der Waals surface area contributed by atoms with Crippen LogP contribution in [0, 0.1) is 5.41 Å². The molecule has 1 heterocycles. The lowest BCUT2D eigenvalue weighted by Gasteiger charge is -2.62. The van der Waals surface area contributed by atoms with Crippen LogP contribution in [-0.2, 0) is 9.53 Å². The number of carbonyl (C=O) groups is 1. The summed E-state index contributed by atoms with van der Waals surface area (Å²) in [7, 11) is 0. The number of rotatable bonds is 1. The third kappa shape index (κ3) is 0.791. The van der Waals surface area contributed by atoms with E-state index >= 15 is 0 Å². The van der Waals surface area contributed by atoms with Gasteiger partial charge in [0.2, 0.25) is 0 Å². The van der Waals surface area contributed by atoms with Gasteiger partial charge < -0.3 is 9.53 Å². The Labute approximate surface area is 67.9 Å². The molecule has 1 aliphatic heterocycles. The Morgan fingerprint density at radius 1 is 1.09 bits per heavy atom. The normalized spacial score (nSPS) is 39.4. The van der Waals surface area contributed by atoms with E-state index in [9.17, 15) is 4.79 Å².